The Labute approximate surface area is 136 Å². The lowest BCUT2D eigenvalue weighted by atomic mass is 10.1. The molecule has 1 saturated heterocycles. The minimum absolute atomic E-state index is 0.131. The second-order valence-electron chi connectivity index (χ2n) is 5.72. The van der Waals surface area contributed by atoms with Crippen LogP contribution in [0, 0.1) is 11.8 Å². The highest BCUT2D eigenvalue weighted by molar-refractivity contribution is 7.91. The summed E-state index contributed by atoms with van der Waals surface area (Å²) < 4.78 is 25.7. The second kappa shape index (κ2) is 6.57. The van der Waals surface area contributed by atoms with Crippen molar-refractivity contribution >= 4 is 9.84 Å². The minimum Gasteiger partial charge on any atom is -0.283 e. The van der Waals surface area contributed by atoms with Crippen molar-refractivity contribution in [3.05, 3.63) is 53.9 Å². The molecule has 6 heteroatoms. The van der Waals surface area contributed by atoms with E-state index >= 15 is 0 Å². The molecular formula is C17H19N3O2S. The van der Waals surface area contributed by atoms with Gasteiger partial charge in [0, 0.05) is 30.9 Å². The lowest BCUT2D eigenvalue weighted by Crippen LogP contribution is -2.43. The zero-order valence-corrected chi connectivity index (χ0v) is 13.8. The highest BCUT2D eigenvalue weighted by atomic mass is 32.2. The summed E-state index contributed by atoms with van der Waals surface area (Å²) in [6.45, 7) is 1.05. The molecule has 23 heavy (non-hydrogen) atoms. The monoisotopic (exact) mass is 329 g/mol. The molecule has 0 spiro atoms. The van der Waals surface area contributed by atoms with Gasteiger partial charge >= 0.3 is 0 Å². The summed E-state index contributed by atoms with van der Waals surface area (Å²) in [7, 11) is -1.17. The van der Waals surface area contributed by atoms with Crippen molar-refractivity contribution in [2.45, 2.75) is 6.04 Å². The molecule has 1 aliphatic rings. The maximum atomic E-state index is 12.0. The summed E-state index contributed by atoms with van der Waals surface area (Å²) in [6, 6.07) is 9.62. The highest BCUT2D eigenvalue weighted by Gasteiger charge is 2.32. The fraction of sp³-hybridized carbons (Fsp3) is 0.353. The molecule has 3 rings (SSSR count). The molecule has 0 bridgehead atoms. The standard InChI is InChI=1S/C17H19N3O2S/c1-19-13-16(12-18-19)17-14-23(21,22)11-10-20(17)9-5-8-15-6-3-2-4-7-15/h2-4,6-7,12-13,17H,9-11,14H2,1H3/t17-/m0/s1. The van der Waals surface area contributed by atoms with Gasteiger partial charge in [-0.1, -0.05) is 30.0 Å². The molecule has 0 aliphatic carbocycles. The number of aromatic nitrogens is 2. The number of sulfone groups is 1. The van der Waals surface area contributed by atoms with Crippen LogP contribution in [0.25, 0.3) is 0 Å². The Bertz CT molecular complexity index is 831. The van der Waals surface area contributed by atoms with Gasteiger partial charge in [0.1, 0.15) is 0 Å². The van der Waals surface area contributed by atoms with Crippen molar-refractivity contribution in [2.24, 2.45) is 7.05 Å². The van der Waals surface area contributed by atoms with E-state index in [-0.39, 0.29) is 17.5 Å². The number of rotatable bonds is 2. The van der Waals surface area contributed by atoms with Crippen molar-refractivity contribution in [3.63, 3.8) is 0 Å². The van der Waals surface area contributed by atoms with Crippen LogP contribution in [0.3, 0.4) is 0 Å². The molecule has 0 saturated carbocycles. The molecule has 1 aromatic carbocycles. The predicted octanol–water partition coefficient (Wildman–Crippen LogP) is 1.24. The van der Waals surface area contributed by atoms with Crippen LogP contribution in [0.1, 0.15) is 17.2 Å². The van der Waals surface area contributed by atoms with Gasteiger partial charge in [-0.05, 0) is 12.1 Å². The van der Waals surface area contributed by atoms with E-state index in [0.29, 0.717) is 13.1 Å². The lowest BCUT2D eigenvalue weighted by Gasteiger charge is -2.33. The molecule has 0 amide bonds. The number of benzene rings is 1. The Hall–Kier alpha value is -2.10. The van der Waals surface area contributed by atoms with Crippen LogP contribution >= 0.6 is 0 Å². The van der Waals surface area contributed by atoms with Crippen LogP contribution in [0.2, 0.25) is 0 Å². The third kappa shape index (κ3) is 4.01. The summed E-state index contributed by atoms with van der Waals surface area (Å²) in [6.07, 6.45) is 3.62. The second-order valence-corrected chi connectivity index (χ2v) is 7.94. The Morgan fingerprint density at radius 1 is 1.30 bits per heavy atom. The molecule has 5 nitrogen and oxygen atoms in total. The zero-order chi connectivity index (χ0) is 16.3. The van der Waals surface area contributed by atoms with E-state index in [1.807, 2.05) is 43.6 Å². The summed E-state index contributed by atoms with van der Waals surface area (Å²) in [5.74, 6) is 6.61. The largest absolute Gasteiger partial charge is 0.283 e. The molecule has 0 N–H and O–H groups in total. The van der Waals surface area contributed by atoms with Gasteiger partial charge in [-0.25, -0.2) is 8.42 Å². The smallest absolute Gasteiger partial charge is 0.153 e. The Balaban J connectivity index is 1.78. The summed E-state index contributed by atoms with van der Waals surface area (Å²) >= 11 is 0. The fourth-order valence-electron chi connectivity index (χ4n) is 2.71. The average Bonchev–Trinajstić information content (AvgIpc) is 2.96. The molecule has 2 heterocycles. The van der Waals surface area contributed by atoms with Crippen molar-refractivity contribution < 1.29 is 8.42 Å². The van der Waals surface area contributed by atoms with E-state index < -0.39 is 9.84 Å². The van der Waals surface area contributed by atoms with E-state index in [2.05, 4.69) is 21.8 Å². The molecule has 120 valence electrons. The Kier molecular flexibility index (Phi) is 4.51. The van der Waals surface area contributed by atoms with E-state index in [0.717, 1.165) is 11.1 Å². The first-order chi connectivity index (χ1) is 11.0. The topological polar surface area (TPSA) is 55.2 Å². The molecule has 1 fully saturated rings. The maximum Gasteiger partial charge on any atom is 0.153 e. The van der Waals surface area contributed by atoms with E-state index in [1.165, 1.54) is 0 Å². The average molecular weight is 329 g/mol. The molecular weight excluding hydrogens is 310 g/mol. The molecule has 0 radical (unpaired) electrons. The maximum absolute atomic E-state index is 12.0. The predicted molar refractivity (Wildman–Crippen MR) is 89.5 cm³/mol. The van der Waals surface area contributed by atoms with Crippen LogP contribution in [0.15, 0.2) is 42.7 Å². The third-order valence-electron chi connectivity index (χ3n) is 3.94. The highest BCUT2D eigenvalue weighted by Crippen LogP contribution is 2.25. The number of aryl methyl sites for hydroxylation is 1. The summed E-state index contributed by atoms with van der Waals surface area (Å²) in [5, 5.41) is 4.16. The van der Waals surface area contributed by atoms with Gasteiger partial charge in [0.2, 0.25) is 0 Å². The SMILES string of the molecule is Cn1cc([C@@H]2CS(=O)(=O)CCN2CC#Cc2ccccc2)cn1. The van der Waals surface area contributed by atoms with Gasteiger partial charge in [-0.15, -0.1) is 0 Å². The van der Waals surface area contributed by atoms with Crippen LogP contribution in [0.5, 0.6) is 0 Å². The van der Waals surface area contributed by atoms with Gasteiger partial charge in [-0.2, -0.15) is 5.10 Å². The summed E-state index contributed by atoms with van der Waals surface area (Å²) in [5.41, 5.74) is 1.90. The molecule has 1 aliphatic heterocycles. The fourth-order valence-corrected chi connectivity index (χ4v) is 4.28. The Morgan fingerprint density at radius 3 is 2.78 bits per heavy atom. The molecule has 1 atom stereocenters. The van der Waals surface area contributed by atoms with Crippen LogP contribution in [0.4, 0.5) is 0 Å². The van der Waals surface area contributed by atoms with Gasteiger partial charge in [0.15, 0.2) is 9.84 Å². The van der Waals surface area contributed by atoms with Crippen molar-refractivity contribution in [3.8, 4) is 11.8 Å². The number of nitrogens with zero attached hydrogens (tertiary/aromatic N) is 3. The van der Waals surface area contributed by atoms with Gasteiger partial charge in [-0.3, -0.25) is 9.58 Å². The molecule has 0 unspecified atom stereocenters. The van der Waals surface area contributed by atoms with Gasteiger partial charge in [0.05, 0.1) is 30.3 Å². The summed E-state index contributed by atoms with van der Waals surface area (Å²) in [4.78, 5) is 2.12. The van der Waals surface area contributed by atoms with Crippen LogP contribution in [-0.4, -0.2) is 47.7 Å². The van der Waals surface area contributed by atoms with E-state index in [4.69, 9.17) is 0 Å². The first-order valence-electron chi connectivity index (χ1n) is 7.50. The number of hydrogen-bond acceptors (Lipinski definition) is 4. The Morgan fingerprint density at radius 2 is 2.09 bits per heavy atom. The lowest BCUT2D eigenvalue weighted by molar-refractivity contribution is 0.243. The minimum atomic E-state index is -3.01. The van der Waals surface area contributed by atoms with E-state index in [9.17, 15) is 8.42 Å². The quantitative estimate of drug-likeness (QED) is 0.778. The van der Waals surface area contributed by atoms with Crippen LogP contribution in [-0.2, 0) is 16.9 Å². The first-order valence-corrected chi connectivity index (χ1v) is 9.32. The molecule has 2 aromatic rings. The van der Waals surface area contributed by atoms with Gasteiger partial charge in [0.25, 0.3) is 0 Å². The number of hydrogen-bond donors (Lipinski definition) is 0. The van der Waals surface area contributed by atoms with Gasteiger partial charge < -0.3 is 0 Å². The third-order valence-corrected chi connectivity index (χ3v) is 5.57. The first kappa shape index (κ1) is 15.8. The van der Waals surface area contributed by atoms with Crippen molar-refractivity contribution in [2.75, 3.05) is 24.6 Å². The molecule has 1 aromatic heterocycles. The normalized spacial score (nSPS) is 20.7. The van der Waals surface area contributed by atoms with E-state index in [1.54, 1.807) is 10.9 Å². The van der Waals surface area contributed by atoms with Crippen LogP contribution < -0.4 is 0 Å². The zero-order valence-electron chi connectivity index (χ0n) is 13.0. The van der Waals surface area contributed by atoms with Crippen molar-refractivity contribution in [1.82, 2.24) is 14.7 Å². The van der Waals surface area contributed by atoms with Crippen molar-refractivity contribution in [1.29, 1.82) is 0 Å².